The van der Waals surface area contributed by atoms with Crippen LogP contribution in [0, 0.1) is 0 Å². The van der Waals surface area contributed by atoms with Gasteiger partial charge in [0.15, 0.2) is 4.34 Å². The van der Waals surface area contributed by atoms with Gasteiger partial charge in [-0.15, -0.1) is 10.2 Å². The number of nitrogens with zero attached hydrogens (tertiary/aromatic N) is 4. The maximum Gasteiger partial charge on any atom is 0.261 e. The summed E-state index contributed by atoms with van der Waals surface area (Å²) in [5, 5.41) is 14.0. The highest BCUT2D eigenvalue weighted by Crippen LogP contribution is 2.25. The third kappa shape index (κ3) is 5.73. The molecule has 0 atom stereocenters. The molecular weight excluding hydrogens is 464 g/mol. The zero-order valence-electron chi connectivity index (χ0n) is 17.3. The lowest BCUT2D eigenvalue weighted by atomic mass is 10.2. The fourth-order valence-electron chi connectivity index (χ4n) is 2.85. The highest BCUT2D eigenvalue weighted by atomic mass is 32.2. The van der Waals surface area contributed by atoms with Gasteiger partial charge in [-0.25, -0.2) is 4.98 Å². The molecule has 0 saturated carbocycles. The summed E-state index contributed by atoms with van der Waals surface area (Å²) in [7, 11) is 1.57. The smallest absolute Gasteiger partial charge is 0.261 e. The second-order valence-electron chi connectivity index (χ2n) is 6.68. The van der Waals surface area contributed by atoms with Gasteiger partial charge < -0.3 is 10.1 Å². The third-order valence-electron chi connectivity index (χ3n) is 4.40. The summed E-state index contributed by atoms with van der Waals surface area (Å²) >= 11 is 2.34. The Bertz CT molecular complexity index is 1350. The van der Waals surface area contributed by atoms with Gasteiger partial charge in [-0.3, -0.25) is 24.3 Å². The lowest BCUT2D eigenvalue weighted by Crippen LogP contribution is -2.27. The van der Waals surface area contributed by atoms with Crippen LogP contribution in [-0.4, -0.2) is 44.4 Å². The number of para-hydroxylation sites is 1. The van der Waals surface area contributed by atoms with Gasteiger partial charge in [0.05, 0.1) is 30.1 Å². The van der Waals surface area contributed by atoms with E-state index >= 15 is 0 Å². The Labute approximate surface area is 196 Å². The minimum absolute atomic E-state index is 0.132. The summed E-state index contributed by atoms with van der Waals surface area (Å²) in [6.07, 6.45) is 1.34. The number of hydrogen-bond acceptors (Lipinski definition) is 9. The monoisotopic (exact) mass is 482 g/mol. The Balaban J connectivity index is 1.29. The predicted octanol–water partition coefficient (Wildman–Crippen LogP) is 2.63. The van der Waals surface area contributed by atoms with Crippen molar-refractivity contribution in [1.29, 1.82) is 0 Å². The molecule has 2 heterocycles. The Kier molecular flexibility index (Phi) is 6.95. The molecule has 10 nitrogen and oxygen atoms in total. The number of anilines is 2. The van der Waals surface area contributed by atoms with E-state index in [1.165, 1.54) is 22.7 Å². The highest BCUT2D eigenvalue weighted by Gasteiger charge is 2.13. The molecule has 12 heteroatoms. The van der Waals surface area contributed by atoms with E-state index in [-0.39, 0.29) is 28.9 Å². The molecule has 0 aliphatic carbocycles. The molecular formula is C21H18N6O4S2. The largest absolute Gasteiger partial charge is 0.497 e. The van der Waals surface area contributed by atoms with Crippen LogP contribution in [0.5, 0.6) is 5.75 Å². The summed E-state index contributed by atoms with van der Waals surface area (Å²) in [6.45, 7) is -0.205. The number of hydrogen-bond donors (Lipinski definition) is 2. The highest BCUT2D eigenvalue weighted by molar-refractivity contribution is 8.01. The Morgan fingerprint density at radius 1 is 1.06 bits per heavy atom. The third-order valence-corrected chi connectivity index (χ3v) is 6.37. The first kappa shape index (κ1) is 22.4. The summed E-state index contributed by atoms with van der Waals surface area (Å²) < 4.78 is 6.85. The van der Waals surface area contributed by atoms with Crippen molar-refractivity contribution in [1.82, 2.24) is 19.7 Å². The average Bonchev–Trinajstić information content (AvgIpc) is 3.27. The molecule has 0 aliphatic heterocycles. The second kappa shape index (κ2) is 10.2. The number of amides is 2. The molecule has 33 heavy (non-hydrogen) atoms. The standard InChI is InChI=1S/C21H18N6O4S2/c1-31-14-8-6-13(7-9-14)23-18(29)11-32-21-26-25-20(33-21)24-17(28)10-27-12-22-16-5-3-2-4-15(16)19(27)30/h2-9,12H,10-11H2,1H3,(H,23,29)(H,24,25,28). The number of thioether (sulfide) groups is 1. The molecule has 0 saturated heterocycles. The molecule has 0 radical (unpaired) electrons. The first-order chi connectivity index (χ1) is 16.0. The lowest BCUT2D eigenvalue weighted by molar-refractivity contribution is -0.117. The van der Waals surface area contributed by atoms with Crippen molar-refractivity contribution in [2.75, 3.05) is 23.5 Å². The maximum absolute atomic E-state index is 12.5. The van der Waals surface area contributed by atoms with Crippen LogP contribution in [0.25, 0.3) is 10.9 Å². The quantitative estimate of drug-likeness (QED) is 0.290. The van der Waals surface area contributed by atoms with E-state index in [4.69, 9.17) is 4.74 Å². The zero-order valence-corrected chi connectivity index (χ0v) is 19.0. The van der Waals surface area contributed by atoms with E-state index in [0.717, 1.165) is 11.3 Å². The molecule has 2 amide bonds. The Morgan fingerprint density at radius 2 is 1.85 bits per heavy atom. The molecule has 4 rings (SSSR count). The molecule has 2 N–H and O–H groups in total. The number of carbonyl (C=O) groups excluding carboxylic acids is 2. The fraction of sp³-hybridized carbons (Fsp3) is 0.143. The molecule has 0 fully saturated rings. The first-order valence-corrected chi connectivity index (χ1v) is 11.5. The van der Waals surface area contributed by atoms with Gasteiger partial charge >= 0.3 is 0 Å². The average molecular weight is 483 g/mol. The second-order valence-corrected chi connectivity index (χ2v) is 8.88. The van der Waals surface area contributed by atoms with Crippen molar-refractivity contribution in [2.45, 2.75) is 10.9 Å². The molecule has 0 unspecified atom stereocenters. The number of carbonyl (C=O) groups is 2. The molecule has 0 spiro atoms. The fourth-order valence-corrected chi connectivity index (χ4v) is 4.42. The number of nitrogens with one attached hydrogen (secondary N) is 2. The van der Waals surface area contributed by atoms with Crippen molar-refractivity contribution < 1.29 is 14.3 Å². The lowest BCUT2D eigenvalue weighted by Gasteiger charge is -2.06. The van der Waals surface area contributed by atoms with Crippen LogP contribution in [0.3, 0.4) is 0 Å². The Morgan fingerprint density at radius 3 is 2.64 bits per heavy atom. The van der Waals surface area contributed by atoms with Crippen LogP contribution < -0.4 is 20.9 Å². The molecule has 0 aliphatic rings. The van der Waals surface area contributed by atoms with E-state index in [1.807, 2.05) is 0 Å². The normalized spacial score (nSPS) is 10.7. The van der Waals surface area contributed by atoms with Crippen LogP contribution in [0.15, 0.2) is 64.0 Å². The van der Waals surface area contributed by atoms with E-state index in [1.54, 1.807) is 55.6 Å². The van der Waals surface area contributed by atoms with Crippen LogP contribution >= 0.6 is 23.1 Å². The maximum atomic E-state index is 12.5. The topological polar surface area (TPSA) is 128 Å². The number of fused-ring (bicyclic) bond motifs is 1. The predicted molar refractivity (Wildman–Crippen MR) is 127 cm³/mol. The minimum atomic E-state index is -0.431. The number of benzene rings is 2. The zero-order chi connectivity index (χ0) is 23.2. The number of rotatable bonds is 8. The van der Waals surface area contributed by atoms with Crippen molar-refractivity contribution in [3.8, 4) is 5.75 Å². The van der Waals surface area contributed by atoms with Crippen LogP contribution in [0.1, 0.15) is 0 Å². The van der Waals surface area contributed by atoms with E-state index in [2.05, 4.69) is 25.8 Å². The summed E-state index contributed by atoms with van der Waals surface area (Å²) in [6, 6.07) is 13.9. The number of methoxy groups -OCH3 is 1. The van der Waals surface area contributed by atoms with Crippen molar-refractivity contribution in [3.63, 3.8) is 0 Å². The van der Waals surface area contributed by atoms with Gasteiger partial charge in [0.25, 0.3) is 5.56 Å². The molecule has 2 aromatic carbocycles. The first-order valence-electron chi connectivity index (χ1n) is 9.66. The van der Waals surface area contributed by atoms with Gasteiger partial charge in [0, 0.05) is 5.69 Å². The molecule has 0 bridgehead atoms. The van der Waals surface area contributed by atoms with Crippen LogP contribution in [-0.2, 0) is 16.1 Å². The summed E-state index contributed by atoms with van der Waals surface area (Å²) in [5.41, 5.74) is 0.929. The number of ether oxygens (including phenoxy) is 1. The Hall–Kier alpha value is -3.77. The minimum Gasteiger partial charge on any atom is -0.497 e. The van der Waals surface area contributed by atoms with Gasteiger partial charge in [0.2, 0.25) is 16.9 Å². The molecule has 4 aromatic rings. The molecule has 2 aromatic heterocycles. The van der Waals surface area contributed by atoms with Crippen molar-refractivity contribution in [2.24, 2.45) is 0 Å². The molecule has 168 valence electrons. The van der Waals surface area contributed by atoms with Crippen LogP contribution in [0.4, 0.5) is 10.8 Å². The van der Waals surface area contributed by atoms with E-state index in [9.17, 15) is 14.4 Å². The van der Waals surface area contributed by atoms with Gasteiger partial charge in [-0.1, -0.05) is 35.2 Å². The van der Waals surface area contributed by atoms with E-state index in [0.29, 0.717) is 26.7 Å². The van der Waals surface area contributed by atoms with Crippen molar-refractivity contribution >= 4 is 56.6 Å². The van der Waals surface area contributed by atoms with E-state index < -0.39 is 5.91 Å². The SMILES string of the molecule is COc1ccc(NC(=O)CSc2nnc(NC(=O)Cn3cnc4ccccc4c3=O)s2)cc1. The van der Waals surface area contributed by atoms with Gasteiger partial charge in [0.1, 0.15) is 12.3 Å². The summed E-state index contributed by atoms with van der Waals surface area (Å²) in [4.78, 5) is 41.2. The van der Waals surface area contributed by atoms with Gasteiger partial charge in [-0.05, 0) is 36.4 Å². The van der Waals surface area contributed by atoms with Gasteiger partial charge in [-0.2, -0.15) is 0 Å². The van der Waals surface area contributed by atoms with Crippen LogP contribution in [0.2, 0.25) is 0 Å². The summed E-state index contributed by atoms with van der Waals surface area (Å²) in [5.74, 6) is 0.202. The number of aromatic nitrogens is 4. The van der Waals surface area contributed by atoms with Crippen molar-refractivity contribution in [3.05, 3.63) is 65.2 Å².